The van der Waals surface area contributed by atoms with Crippen molar-refractivity contribution in [2.45, 2.75) is 36.0 Å². The van der Waals surface area contributed by atoms with Crippen LogP contribution < -0.4 is 5.32 Å². The van der Waals surface area contributed by atoms with Crippen LogP contribution in [0.2, 0.25) is 0 Å². The monoisotopic (exact) mass is 480 g/mol. The molecule has 0 aliphatic carbocycles. The van der Waals surface area contributed by atoms with Gasteiger partial charge in [-0.25, -0.2) is 4.79 Å². The van der Waals surface area contributed by atoms with E-state index in [9.17, 15) is 22.8 Å². The van der Waals surface area contributed by atoms with Crippen molar-refractivity contribution in [3.05, 3.63) is 53.9 Å². The van der Waals surface area contributed by atoms with Gasteiger partial charge in [0.15, 0.2) is 5.50 Å². The van der Waals surface area contributed by atoms with Gasteiger partial charge >= 0.3 is 12.3 Å². The topological polar surface area (TPSA) is 74.8 Å². The summed E-state index contributed by atoms with van der Waals surface area (Å²) in [6.45, 7) is 1.07. The number of thioether (sulfide) groups is 1. The van der Waals surface area contributed by atoms with Crippen molar-refractivity contribution in [2.24, 2.45) is 5.92 Å². The molecule has 0 radical (unpaired) electrons. The number of piperidine rings is 1. The summed E-state index contributed by atoms with van der Waals surface area (Å²) in [6.07, 6.45) is -0.590. The first-order valence-corrected chi connectivity index (χ1v) is 11.3. The summed E-state index contributed by atoms with van der Waals surface area (Å²) in [5, 5.41) is 3.19. The van der Waals surface area contributed by atoms with E-state index in [2.05, 4.69) is 10.3 Å². The predicted octanol–water partition coefficient (Wildman–Crippen LogP) is 4.41. The predicted molar refractivity (Wildman–Crippen MR) is 116 cm³/mol. The summed E-state index contributed by atoms with van der Waals surface area (Å²) in [5.41, 5.74) is 0.0843. The summed E-state index contributed by atoms with van der Waals surface area (Å²) < 4.78 is 44.2. The van der Waals surface area contributed by atoms with E-state index < -0.39 is 23.3 Å². The molecule has 0 spiro atoms. The van der Waals surface area contributed by atoms with Crippen molar-refractivity contribution < 1.29 is 27.5 Å². The average molecular weight is 481 g/mol. The lowest BCUT2D eigenvalue weighted by Gasteiger charge is -2.35. The number of pyridine rings is 1. The van der Waals surface area contributed by atoms with Gasteiger partial charge in [-0.2, -0.15) is 13.2 Å². The first-order chi connectivity index (χ1) is 15.8. The molecule has 7 nitrogen and oxygen atoms in total. The Kier molecular flexibility index (Phi) is 6.68. The first kappa shape index (κ1) is 23.2. The van der Waals surface area contributed by atoms with Crippen LogP contribution in [0.15, 0.2) is 47.6 Å². The lowest BCUT2D eigenvalue weighted by Crippen LogP contribution is -2.47. The second-order valence-electron chi connectivity index (χ2n) is 7.88. The SMILES string of the molecule is COC(=O)N1CCC(C(=O)N(Cc2cccnc2)C2Nc3ccc(C(F)(F)F)cc3S2)CC1. The Balaban J connectivity index is 1.53. The Labute approximate surface area is 193 Å². The summed E-state index contributed by atoms with van der Waals surface area (Å²) >= 11 is 1.18. The van der Waals surface area contributed by atoms with Gasteiger partial charge in [0.25, 0.3) is 0 Å². The van der Waals surface area contributed by atoms with Crippen LogP contribution in [0.1, 0.15) is 24.0 Å². The number of nitrogens with zero attached hydrogens (tertiary/aromatic N) is 3. The van der Waals surface area contributed by atoms with E-state index in [1.807, 2.05) is 6.07 Å². The van der Waals surface area contributed by atoms with Crippen molar-refractivity contribution in [2.75, 3.05) is 25.5 Å². The number of anilines is 1. The molecule has 0 saturated carbocycles. The number of carbonyl (C=O) groups excluding carboxylic acids is 2. The van der Waals surface area contributed by atoms with Gasteiger partial charge in [-0.15, -0.1) is 0 Å². The van der Waals surface area contributed by atoms with Crippen molar-refractivity contribution in [1.82, 2.24) is 14.8 Å². The number of aromatic nitrogens is 1. The molecule has 1 N–H and O–H groups in total. The van der Waals surface area contributed by atoms with Gasteiger partial charge in [0.1, 0.15) is 0 Å². The van der Waals surface area contributed by atoms with Crippen LogP contribution in [0.25, 0.3) is 0 Å². The lowest BCUT2D eigenvalue weighted by molar-refractivity contribution is -0.138. The number of halogens is 3. The number of ether oxygens (including phenoxy) is 1. The molecule has 1 atom stereocenters. The highest BCUT2D eigenvalue weighted by Crippen LogP contribution is 2.43. The fourth-order valence-corrected chi connectivity index (χ4v) is 5.16. The zero-order chi connectivity index (χ0) is 23.6. The number of hydrogen-bond acceptors (Lipinski definition) is 6. The molecule has 2 amide bonds. The highest BCUT2D eigenvalue weighted by atomic mass is 32.2. The normalized spacial score (nSPS) is 18.4. The summed E-state index contributed by atoms with van der Waals surface area (Å²) in [5.74, 6) is -0.420. The zero-order valence-corrected chi connectivity index (χ0v) is 18.7. The lowest BCUT2D eigenvalue weighted by atomic mass is 9.95. The average Bonchev–Trinajstić information content (AvgIpc) is 3.25. The minimum atomic E-state index is -4.44. The highest BCUT2D eigenvalue weighted by molar-refractivity contribution is 8.00. The molecule has 2 aliphatic heterocycles. The molecule has 2 aliphatic rings. The largest absolute Gasteiger partial charge is 0.453 e. The smallest absolute Gasteiger partial charge is 0.416 e. The number of rotatable bonds is 4. The van der Waals surface area contributed by atoms with E-state index in [4.69, 9.17) is 4.74 Å². The number of benzene rings is 1. The fraction of sp³-hybridized carbons (Fsp3) is 0.409. The second-order valence-corrected chi connectivity index (χ2v) is 9.00. The molecular formula is C22H23F3N4O3S. The minimum absolute atomic E-state index is 0.114. The molecule has 33 heavy (non-hydrogen) atoms. The molecule has 1 unspecified atom stereocenters. The third-order valence-corrected chi connectivity index (χ3v) is 6.93. The fourth-order valence-electron chi connectivity index (χ4n) is 3.98. The zero-order valence-electron chi connectivity index (χ0n) is 17.8. The van der Waals surface area contributed by atoms with Crippen LogP contribution in [-0.2, 0) is 22.3 Å². The van der Waals surface area contributed by atoms with Gasteiger partial charge in [0, 0.05) is 36.3 Å². The third kappa shape index (κ3) is 5.18. The molecule has 1 saturated heterocycles. The number of alkyl halides is 3. The Morgan fingerprint density at radius 2 is 2.03 bits per heavy atom. The van der Waals surface area contributed by atoms with E-state index in [1.165, 1.54) is 24.9 Å². The van der Waals surface area contributed by atoms with E-state index in [-0.39, 0.29) is 18.4 Å². The first-order valence-electron chi connectivity index (χ1n) is 10.4. The quantitative estimate of drug-likeness (QED) is 0.699. The van der Waals surface area contributed by atoms with E-state index in [1.54, 1.807) is 28.3 Å². The van der Waals surface area contributed by atoms with Crippen molar-refractivity contribution in [3.8, 4) is 0 Å². The maximum atomic E-state index is 13.6. The molecule has 1 aromatic carbocycles. The molecule has 2 aromatic rings. The van der Waals surface area contributed by atoms with E-state index in [0.717, 1.165) is 17.7 Å². The van der Waals surface area contributed by atoms with E-state index in [0.29, 0.717) is 36.5 Å². The van der Waals surface area contributed by atoms with Gasteiger partial charge in [0.2, 0.25) is 5.91 Å². The Hall–Kier alpha value is -2.95. The molecule has 4 rings (SSSR count). The van der Waals surface area contributed by atoms with Crippen LogP contribution in [0.4, 0.5) is 23.7 Å². The van der Waals surface area contributed by atoms with Crippen LogP contribution in [-0.4, -0.2) is 52.5 Å². The number of amides is 2. The minimum Gasteiger partial charge on any atom is -0.453 e. The van der Waals surface area contributed by atoms with Crippen LogP contribution in [0.3, 0.4) is 0 Å². The van der Waals surface area contributed by atoms with Crippen molar-refractivity contribution in [3.63, 3.8) is 0 Å². The molecule has 3 heterocycles. The van der Waals surface area contributed by atoms with E-state index >= 15 is 0 Å². The molecule has 1 fully saturated rings. The Bertz CT molecular complexity index is 1010. The summed E-state index contributed by atoms with van der Waals surface area (Å²) in [4.78, 5) is 33.1. The van der Waals surface area contributed by atoms with Crippen molar-refractivity contribution in [1.29, 1.82) is 0 Å². The second kappa shape index (κ2) is 9.50. The maximum Gasteiger partial charge on any atom is 0.416 e. The summed E-state index contributed by atoms with van der Waals surface area (Å²) in [7, 11) is 1.32. The number of carbonyl (C=O) groups is 2. The highest BCUT2D eigenvalue weighted by Gasteiger charge is 2.38. The Morgan fingerprint density at radius 1 is 1.27 bits per heavy atom. The molecule has 11 heteroatoms. The van der Waals surface area contributed by atoms with Gasteiger partial charge in [0.05, 0.1) is 24.9 Å². The number of nitrogens with one attached hydrogen (secondary N) is 1. The third-order valence-electron chi connectivity index (χ3n) is 5.75. The van der Waals surface area contributed by atoms with Crippen molar-refractivity contribution >= 4 is 29.4 Å². The maximum absolute atomic E-state index is 13.6. The number of likely N-dealkylation sites (tertiary alicyclic amines) is 1. The van der Waals surface area contributed by atoms with Crippen LogP contribution in [0.5, 0.6) is 0 Å². The molecule has 176 valence electrons. The van der Waals surface area contributed by atoms with Gasteiger partial charge < -0.3 is 19.9 Å². The summed E-state index contributed by atoms with van der Waals surface area (Å²) in [6, 6.07) is 7.15. The number of hydrogen-bond donors (Lipinski definition) is 1. The Morgan fingerprint density at radius 3 is 2.67 bits per heavy atom. The standard InChI is InChI=1S/C22H23F3N4O3S/c1-32-21(31)28-9-6-15(7-10-28)19(30)29(13-14-3-2-8-26-12-14)20-27-17-5-4-16(22(23,24)25)11-18(17)33-20/h2-5,8,11-12,15,20,27H,6-7,9-10,13H2,1H3. The van der Waals surface area contributed by atoms with Gasteiger partial charge in [-0.1, -0.05) is 17.8 Å². The number of methoxy groups -OCH3 is 1. The van der Waals surface area contributed by atoms with Gasteiger partial charge in [-0.3, -0.25) is 9.78 Å². The van der Waals surface area contributed by atoms with Gasteiger partial charge in [-0.05, 0) is 42.7 Å². The number of fused-ring (bicyclic) bond motifs is 1. The van der Waals surface area contributed by atoms with Crippen LogP contribution >= 0.6 is 11.8 Å². The molecule has 1 aromatic heterocycles. The molecule has 0 bridgehead atoms. The molecular weight excluding hydrogens is 457 g/mol. The van der Waals surface area contributed by atoms with Crippen LogP contribution in [0, 0.1) is 5.92 Å².